The molecule has 6 N–H and O–H groups in total. The van der Waals surface area contributed by atoms with E-state index in [1.807, 2.05) is 13.8 Å². The number of nitrogens with one attached hydrogen (secondary N) is 2. The summed E-state index contributed by atoms with van der Waals surface area (Å²) in [6, 6.07) is -3.99. The minimum absolute atomic E-state index is 0.0431. The number of amides is 3. The van der Waals surface area contributed by atoms with Gasteiger partial charge in [0.25, 0.3) is 0 Å². The molecular formula is C19H32N4O7. The fourth-order valence-electron chi connectivity index (χ4n) is 3.29. The molecule has 0 aromatic carbocycles. The van der Waals surface area contributed by atoms with Gasteiger partial charge in [-0.25, -0.2) is 4.79 Å². The van der Waals surface area contributed by atoms with Gasteiger partial charge >= 0.3 is 11.9 Å². The molecule has 1 aliphatic heterocycles. The highest BCUT2D eigenvalue weighted by atomic mass is 16.4. The summed E-state index contributed by atoms with van der Waals surface area (Å²) in [6.07, 6.45) is 0.614. The van der Waals surface area contributed by atoms with Crippen molar-refractivity contribution in [3.63, 3.8) is 0 Å². The summed E-state index contributed by atoms with van der Waals surface area (Å²) in [6.45, 7) is 5.35. The van der Waals surface area contributed by atoms with Crippen LogP contribution in [0.15, 0.2) is 0 Å². The van der Waals surface area contributed by atoms with Crippen molar-refractivity contribution < 1.29 is 34.2 Å². The first-order valence-electron chi connectivity index (χ1n) is 10.0. The molecule has 1 rings (SSSR count). The quantitative estimate of drug-likeness (QED) is 0.286. The fourth-order valence-corrected chi connectivity index (χ4v) is 3.29. The molecule has 4 unspecified atom stereocenters. The minimum atomic E-state index is -1.16. The van der Waals surface area contributed by atoms with Gasteiger partial charge in [0.2, 0.25) is 17.7 Å². The Bertz CT molecular complexity index is 665. The van der Waals surface area contributed by atoms with Gasteiger partial charge in [-0.15, -0.1) is 0 Å². The third-order valence-corrected chi connectivity index (χ3v) is 4.84. The molecule has 30 heavy (non-hydrogen) atoms. The average Bonchev–Trinajstić information content (AvgIpc) is 3.12. The second-order valence-electron chi connectivity index (χ2n) is 8.00. The number of nitrogens with zero attached hydrogens (tertiary/aromatic N) is 1. The van der Waals surface area contributed by atoms with Crippen LogP contribution in [0.1, 0.15) is 52.9 Å². The van der Waals surface area contributed by atoms with Crippen molar-refractivity contribution >= 4 is 29.7 Å². The number of hydrogen-bond acceptors (Lipinski definition) is 6. The molecule has 0 saturated carbocycles. The Morgan fingerprint density at radius 3 is 2.20 bits per heavy atom. The van der Waals surface area contributed by atoms with Crippen LogP contribution in [0.5, 0.6) is 0 Å². The molecule has 0 spiro atoms. The van der Waals surface area contributed by atoms with Gasteiger partial charge in [-0.2, -0.15) is 0 Å². The topological polar surface area (TPSA) is 179 Å². The summed E-state index contributed by atoms with van der Waals surface area (Å²) in [5.41, 5.74) is 5.52. The van der Waals surface area contributed by atoms with E-state index in [-0.39, 0.29) is 31.7 Å². The van der Waals surface area contributed by atoms with Gasteiger partial charge in [0.1, 0.15) is 18.1 Å². The minimum Gasteiger partial charge on any atom is -0.481 e. The van der Waals surface area contributed by atoms with E-state index >= 15 is 0 Å². The van der Waals surface area contributed by atoms with Crippen LogP contribution < -0.4 is 16.4 Å². The van der Waals surface area contributed by atoms with Crippen molar-refractivity contribution in [3.8, 4) is 0 Å². The lowest BCUT2D eigenvalue weighted by Gasteiger charge is -2.29. The molecular weight excluding hydrogens is 396 g/mol. The molecule has 0 aromatic heterocycles. The molecule has 1 aliphatic rings. The van der Waals surface area contributed by atoms with E-state index in [0.29, 0.717) is 12.8 Å². The highest BCUT2D eigenvalue weighted by Gasteiger charge is 2.39. The monoisotopic (exact) mass is 428 g/mol. The third kappa shape index (κ3) is 7.62. The van der Waals surface area contributed by atoms with Gasteiger partial charge in [0.05, 0.1) is 6.04 Å². The predicted octanol–water partition coefficient (Wildman–Crippen LogP) is -0.710. The largest absolute Gasteiger partial charge is 0.481 e. The van der Waals surface area contributed by atoms with Crippen LogP contribution in [0, 0.1) is 5.92 Å². The summed E-state index contributed by atoms with van der Waals surface area (Å²) >= 11 is 0. The van der Waals surface area contributed by atoms with Gasteiger partial charge in [-0.3, -0.25) is 19.2 Å². The Balaban J connectivity index is 2.94. The van der Waals surface area contributed by atoms with Crippen molar-refractivity contribution in [1.82, 2.24) is 15.5 Å². The molecule has 1 saturated heterocycles. The van der Waals surface area contributed by atoms with Gasteiger partial charge in [-0.05, 0) is 38.5 Å². The first-order valence-corrected chi connectivity index (χ1v) is 10.0. The number of carbonyl (C=O) groups is 5. The summed E-state index contributed by atoms with van der Waals surface area (Å²) in [7, 11) is 0. The highest BCUT2D eigenvalue weighted by Crippen LogP contribution is 2.20. The van der Waals surface area contributed by atoms with Crippen LogP contribution in [-0.4, -0.2) is 75.5 Å². The molecule has 0 aliphatic carbocycles. The summed E-state index contributed by atoms with van der Waals surface area (Å²) in [5, 5.41) is 23.2. The number of carboxylic acids is 2. The lowest BCUT2D eigenvalue weighted by atomic mass is 10.0. The highest BCUT2D eigenvalue weighted by molar-refractivity contribution is 5.94. The first-order chi connectivity index (χ1) is 13.9. The van der Waals surface area contributed by atoms with Gasteiger partial charge in [-0.1, -0.05) is 13.8 Å². The lowest BCUT2D eigenvalue weighted by Crippen LogP contribution is -2.56. The van der Waals surface area contributed by atoms with Gasteiger partial charge in [0, 0.05) is 13.0 Å². The number of carbonyl (C=O) groups excluding carboxylic acids is 3. The summed E-state index contributed by atoms with van der Waals surface area (Å²) in [4.78, 5) is 61.3. The summed E-state index contributed by atoms with van der Waals surface area (Å²) in [5.74, 6) is -4.01. The predicted molar refractivity (Wildman–Crippen MR) is 106 cm³/mol. The van der Waals surface area contributed by atoms with E-state index < -0.39 is 53.8 Å². The lowest BCUT2D eigenvalue weighted by molar-refractivity contribution is -0.145. The Labute approximate surface area is 175 Å². The molecule has 3 amide bonds. The standard InChI is InChI=1S/C19H32N4O7/c1-10(2)9-13(19(29)30)22-17(27)14-5-4-8-23(14)18(28)12(6-7-15(24)25)21-16(26)11(3)20/h10-14H,4-9,20H2,1-3H3,(H,21,26)(H,22,27)(H,24,25)(H,29,30). The maximum Gasteiger partial charge on any atom is 0.326 e. The zero-order valence-electron chi connectivity index (χ0n) is 17.6. The Hall–Kier alpha value is -2.69. The molecule has 170 valence electrons. The van der Waals surface area contributed by atoms with Crippen molar-refractivity contribution in [2.75, 3.05) is 6.54 Å². The van der Waals surface area contributed by atoms with Crippen LogP contribution in [0.3, 0.4) is 0 Å². The fraction of sp³-hybridized carbons (Fsp3) is 0.737. The smallest absolute Gasteiger partial charge is 0.326 e. The number of hydrogen-bond donors (Lipinski definition) is 5. The molecule has 11 nitrogen and oxygen atoms in total. The van der Waals surface area contributed by atoms with E-state index in [4.69, 9.17) is 10.8 Å². The zero-order valence-corrected chi connectivity index (χ0v) is 17.6. The Kier molecular flexibility index (Phi) is 9.70. The van der Waals surface area contributed by atoms with E-state index in [2.05, 4.69) is 10.6 Å². The van der Waals surface area contributed by atoms with E-state index in [1.165, 1.54) is 11.8 Å². The van der Waals surface area contributed by atoms with Crippen LogP contribution in [0.4, 0.5) is 0 Å². The molecule has 1 fully saturated rings. The normalized spacial score (nSPS) is 19.1. The van der Waals surface area contributed by atoms with Gasteiger partial charge < -0.3 is 31.5 Å². The van der Waals surface area contributed by atoms with Crippen LogP contribution in [-0.2, 0) is 24.0 Å². The summed E-state index contributed by atoms with van der Waals surface area (Å²) < 4.78 is 0. The maximum absolute atomic E-state index is 13.0. The number of aliphatic carboxylic acids is 2. The van der Waals surface area contributed by atoms with Crippen LogP contribution >= 0.6 is 0 Å². The molecule has 0 aromatic rings. The number of rotatable bonds is 11. The van der Waals surface area contributed by atoms with Crippen molar-refractivity contribution in [2.45, 2.75) is 77.0 Å². The van der Waals surface area contributed by atoms with Crippen molar-refractivity contribution in [3.05, 3.63) is 0 Å². The number of nitrogens with two attached hydrogens (primary N) is 1. The van der Waals surface area contributed by atoms with E-state index in [1.54, 1.807) is 0 Å². The van der Waals surface area contributed by atoms with Crippen molar-refractivity contribution in [2.24, 2.45) is 11.7 Å². The van der Waals surface area contributed by atoms with Gasteiger partial charge in [0.15, 0.2) is 0 Å². The molecule has 11 heteroatoms. The molecule has 4 atom stereocenters. The molecule has 1 heterocycles. The van der Waals surface area contributed by atoms with Crippen LogP contribution in [0.2, 0.25) is 0 Å². The van der Waals surface area contributed by atoms with E-state index in [0.717, 1.165) is 0 Å². The first kappa shape index (κ1) is 25.3. The maximum atomic E-state index is 13.0. The SMILES string of the molecule is CC(C)CC(NC(=O)C1CCCN1C(=O)C(CCC(=O)O)NC(=O)C(C)N)C(=O)O. The third-order valence-electron chi connectivity index (χ3n) is 4.84. The second-order valence-corrected chi connectivity index (χ2v) is 8.00. The second kappa shape index (κ2) is 11.5. The number of carboxylic acid groups (broad SMARTS) is 2. The van der Waals surface area contributed by atoms with Crippen molar-refractivity contribution in [1.29, 1.82) is 0 Å². The van der Waals surface area contributed by atoms with Crippen LogP contribution in [0.25, 0.3) is 0 Å². The Morgan fingerprint density at radius 1 is 1.07 bits per heavy atom. The zero-order chi connectivity index (χ0) is 23.0. The average molecular weight is 428 g/mol. The Morgan fingerprint density at radius 2 is 1.70 bits per heavy atom. The molecule has 0 radical (unpaired) electrons. The molecule has 0 bridgehead atoms. The number of likely N-dealkylation sites (tertiary alicyclic amines) is 1. The van der Waals surface area contributed by atoms with E-state index in [9.17, 15) is 29.1 Å².